The van der Waals surface area contributed by atoms with E-state index in [1.165, 1.54) is 39.0 Å². The van der Waals surface area contributed by atoms with Gasteiger partial charge in [0.05, 0.1) is 106 Å². The predicted octanol–water partition coefficient (Wildman–Crippen LogP) is 9.61. The molecule has 0 bridgehead atoms. The average Bonchev–Trinajstić information content (AvgIpc) is 0.783. The van der Waals surface area contributed by atoms with Crippen LogP contribution >= 0.6 is 0 Å². The summed E-state index contributed by atoms with van der Waals surface area (Å²) in [6.07, 6.45) is 26.6. The normalized spacial score (nSPS) is 17.9. The van der Waals surface area contributed by atoms with Crippen LogP contribution in [0, 0.1) is 36.0 Å². The van der Waals surface area contributed by atoms with Crippen molar-refractivity contribution < 1.29 is 157 Å². The van der Waals surface area contributed by atoms with Crippen LogP contribution in [-0.2, 0) is 109 Å². The van der Waals surface area contributed by atoms with Gasteiger partial charge < -0.3 is 87.6 Å². The van der Waals surface area contributed by atoms with E-state index in [2.05, 4.69) is 70.6 Å². The van der Waals surface area contributed by atoms with E-state index in [9.17, 15) is 129 Å². The monoisotopic (exact) mass is 2070 g/mol. The number of halogens is 5. The van der Waals surface area contributed by atoms with E-state index in [0.29, 0.717) is 29.3 Å². The summed E-state index contributed by atoms with van der Waals surface area (Å²) in [6.45, 7) is 18.5. The lowest BCUT2D eigenvalue weighted by atomic mass is 9.87. The van der Waals surface area contributed by atoms with Crippen LogP contribution in [0.1, 0.15) is 276 Å². The second kappa shape index (κ2) is 61.0. The number of carbonyl (C=O) groups excluding carboxylic acids is 6. The molecule has 3 aromatic rings. The lowest BCUT2D eigenvalue weighted by Crippen LogP contribution is -2.41. The minimum absolute atomic E-state index is 0.0362. The number of esters is 6. The molecule has 0 aliphatic heterocycles. The van der Waals surface area contributed by atoms with Gasteiger partial charge in [-0.05, 0) is 126 Å². The Hall–Kier alpha value is -7.17. The number of benzene rings is 3. The molecule has 6 saturated carbocycles. The Balaban J connectivity index is 0.000000346. The van der Waals surface area contributed by atoms with Crippen molar-refractivity contribution in [1.29, 1.82) is 0 Å². The minimum atomic E-state index is -4.91. The predicted molar refractivity (Wildman–Crippen MR) is 492 cm³/mol. The summed E-state index contributed by atoms with van der Waals surface area (Å²) >= 11 is 0. The van der Waals surface area contributed by atoms with E-state index in [-0.39, 0.29) is 74.8 Å². The molecule has 782 valence electrons. The molecule has 6 aliphatic carbocycles. The third-order valence-electron chi connectivity index (χ3n) is 22.9. The van der Waals surface area contributed by atoms with Gasteiger partial charge in [-0.3, -0.25) is 4.79 Å². The Bertz CT molecular complexity index is 4960. The van der Waals surface area contributed by atoms with E-state index < -0.39 is 202 Å². The zero-order valence-electron chi connectivity index (χ0n) is 78.5. The summed E-state index contributed by atoms with van der Waals surface area (Å²) < 4.78 is 294. The summed E-state index contributed by atoms with van der Waals surface area (Å²) in [7, 11) is -27.2. The first-order chi connectivity index (χ1) is 64.0. The van der Waals surface area contributed by atoms with E-state index in [4.69, 9.17) is 23.7 Å². The molecule has 0 heterocycles. The van der Waals surface area contributed by atoms with Gasteiger partial charge in [0.25, 0.3) is 0 Å². The second-order valence-corrected chi connectivity index (χ2v) is 44.8. The van der Waals surface area contributed by atoms with Gasteiger partial charge in [0.2, 0.25) is 5.82 Å². The summed E-state index contributed by atoms with van der Waals surface area (Å²) in [4.78, 5) is 70.3. The van der Waals surface area contributed by atoms with Gasteiger partial charge in [0.15, 0.2) is 23.3 Å². The van der Waals surface area contributed by atoms with E-state index in [1.54, 1.807) is 43.3 Å². The molecule has 0 amide bonds. The van der Waals surface area contributed by atoms with Crippen LogP contribution in [0.15, 0.2) is 73.3 Å². The van der Waals surface area contributed by atoms with Gasteiger partial charge in [0.1, 0.15) is 42.2 Å². The van der Waals surface area contributed by atoms with Gasteiger partial charge in [-0.2, -0.15) is 0 Å². The Morgan fingerprint density at radius 1 is 0.365 bits per heavy atom. The van der Waals surface area contributed by atoms with Crippen LogP contribution in [0.3, 0.4) is 0 Å². The first-order valence-electron chi connectivity index (χ1n) is 46.2. The number of aryl methyl sites for hydroxylation is 1. The van der Waals surface area contributed by atoms with Crippen molar-refractivity contribution in [2.75, 3.05) is 73.8 Å². The van der Waals surface area contributed by atoms with Gasteiger partial charge in [-0.25, -0.2) is 96.4 Å². The molecular weight excluding hydrogens is 1930 g/mol. The van der Waals surface area contributed by atoms with Crippen LogP contribution in [0.5, 0.6) is 0 Å². The Morgan fingerprint density at radius 3 is 0.825 bits per heavy atom. The van der Waals surface area contributed by atoms with E-state index in [0.717, 1.165) is 178 Å². The second-order valence-electron chi connectivity index (χ2n) is 36.1. The molecule has 0 spiro atoms. The van der Waals surface area contributed by atoms with Gasteiger partial charge in [-0.1, -0.05) is 186 Å². The maximum absolute atomic E-state index is 13.7. The van der Waals surface area contributed by atoms with E-state index >= 15 is 0 Å². The number of nitrogens with one attached hydrogen (secondary N) is 6. The molecule has 9 rings (SSSR count). The first kappa shape index (κ1) is 122. The van der Waals surface area contributed by atoms with Crippen molar-refractivity contribution in [1.82, 2.24) is 31.9 Å². The maximum atomic E-state index is 13.7. The summed E-state index contributed by atoms with van der Waals surface area (Å²) in [5.74, 6) is -21.8. The molecule has 6 N–H and O–H groups in total. The van der Waals surface area contributed by atoms with Crippen molar-refractivity contribution in [3.63, 3.8) is 0 Å². The molecule has 0 radical (unpaired) electrons. The highest BCUT2D eigenvalue weighted by molar-refractivity contribution is 7.87. The Labute approximate surface area is 803 Å². The summed E-state index contributed by atoms with van der Waals surface area (Å²) in [6, 6.07) is 15.3. The average molecular weight is 2070 g/mol. The van der Waals surface area contributed by atoms with Crippen LogP contribution in [0.4, 0.5) is 22.0 Å². The molecule has 6 aliphatic rings. The lowest BCUT2D eigenvalue weighted by molar-refractivity contribution is -0.147. The number of rotatable bonds is 42. The zero-order chi connectivity index (χ0) is 102. The fourth-order valence-corrected chi connectivity index (χ4v) is 19.6. The molecule has 137 heavy (non-hydrogen) atoms. The Kier molecular flexibility index (Phi) is 54.3. The fourth-order valence-electron chi connectivity index (χ4n) is 15.8. The molecule has 3 aromatic carbocycles. The summed E-state index contributed by atoms with van der Waals surface area (Å²) in [5.41, 5.74) is 1.05. The number of carbonyl (C=O) groups is 6. The van der Waals surface area contributed by atoms with Crippen LogP contribution in [-0.4, -0.2) is 260 Å². The van der Waals surface area contributed by atoms with Crippen molar-refractivity contribution in [3.8, 4) is 0 Å². The largest absolute Gasteiger partial charge is 0.748 e. The molecule has 47 heteroatoms. The third-order valence-corrected chi connectivity index (χ3v) is 27.6. The number of ether oxygens (including phenoxy) is 6. The molecule has 6 unspecified atom stereocenters. The maximum Gasteiger partial charge on any atom is 0.344 e. The third kappa shape index (κ3) is 54.6. The van der Waals surface area contributed by atoms with Crippen molar-refractivity contribution in [2.24, 2.45) is 0 Å². The van der Waals surface area contributed by atoms with E-state index in [1.807, 2.05) is 19.1 Å². The highest BCUT2D eigenvalue weighted by Crippen LogP contribution is 2.28. The molecule has 0 aromatic heterocycles. The highest BCUT2D eigenvalue weighted by atomic mass is 32.2. The SMILES string of the molecule is C=C(C)C(=O)OC(CNC1CCCCC1)CS(=O)(=O)[O-].C=CC(=O)OC(CNC1CCCCC1)CS(=O)(=O)[O-].CC(C)(C)c1ccc(C(=O)OC(CNC2CCCCC2)CS(=O)(=O)[O-])cc1.CCC(=O)OC(CNC1CCCCC1)CS(=O)(=O)[O-].Cc1ccc(C(=O)OC(CNC2CCCCC2)CS(=O)(=O)[O-])cc1.O=C(OC(CNC1CCCCC1)CS(=O)(=O)[O-])c1c(F)c(F)c(F)c(F)c1F. The first-order valence-corrected chi connectivity index (χ1v) is 55.7. The number of hydrogen-bond donors (Lipinski definition) is 6. The van der Waals surface area contributed by atoms with Crippen molar-refractivity contribution in [2.45, 2.75) is 319 Å². The smallest absolute Gasteiger partial charge is 0.344 e. The summed E-state index contributed by atoms with van der Waals surface area (Å²) in [5, 5.41) is 18.9. The standard InChI is InChI=1S/C20H31NO5S.C17H25NO5S.C16H18F5NO5S.C13H23NO5S.C12H23NO5S.C12H21NO5S/c1-20(2,3)16-11-9-15(10-12-16)19(22)26-18(14-27(23,24)25)13-21-17-7-5-4-6-8-17;1-13-7-9-14(10-8-13)17(19)23-16(12-24(20,21)22)11-18-15-5-3-2-4-6-15;17-11-10(12(18)14(20)15(21)13(11)19)16(23)27-9(7-28(24,25)26)6-22-8-4-2-1-3-5-8;1-10(2)13(15)19-12(9-20(16,17)18)8-14-11-6-4-3-5-7-11;2*1-2-12(14)18-11(9-19(15,16)17)8-13-10-6-4-3-5-7-10/h9-12,17-18,21H,4-8,13-14H2,1-3H3,(H,23,24,25);7-10,15-16,18H,2-6,11-12H2,1H3,(H,20,21,22);8-9,22H,1-7H2,(H,24,25,26);11-12,14H,1,3-9H2,2H3,(H,16,17,18);10-11,13H,2-9H2,1H3,(H,15,16,17);2,10-11,13H,1,3-9H2,(H,15,16,17)/p-6. The molecular formula is C90H135F5N6O30S6-6. The quantitative estimate of drug-likeness (QED) is 0.00584. The Morgan fingerprint density at radius 2 is 0.591 bits per heavy atom. The van der Waals surface area contributed by atoms with Crippen LogP contribution < -0.4 is 31.9 Å². The lowest BCUT2D eigenvalue weighted by Gasteiger charge is -2.26. The van der Waals surface area contributed by atoms with Gasteiger partial charge >= 0.3 is 35.8 Å². The van der Waals surface area contributed by atoms with Crippen LogP contribution in [0.25, 0.3) is 0 Å². The fraction of sp³-hybridized carbons (Fsp3) is 0.689. The molecule has 0 saturated heterocycles. The van der Waals surface area contributed by atoms with Crippen molar-refractivity contribution >= 4 is 96.5 Å². The zero-order valence-corrected chi connectivity index (χ0v) is 83.4. The highest BCUT2D eigenvalue weighted by Gasteiger charge is 2.34. The molecule has 36 nitrogen and oxygen atoms in total. The minimum Gasteiger partial charge on any atom is -0.748 e. The topological polar surface area (TPSA) is 573 Å². The molecule has 6 atom stereocenters. The van der Waals surface area contributed by atoms with Gasteiger partial charge in [-0.15, -0.1) is 0 Å². The number of hydrogen-bond acceptors (Lipinski definition) is 36. The van der Waals surface area contributed by atoms with Gasteiger partial charge in [0, 0.05) is 93.6 Å². The van der Waals surface area contributed by atoms with Crippen LogP contribution in [0.2, 0.25) is 0 Å². The van der Waals surface area contributed by atoms with Crippen molar-refractivity contribution in [3.05, 3.63) is 130 Å². The molecule has 6 fully saturated rings.